The number of anilines is 2. The molecular weight excluding hydrogens is 184 g/mol. The van der Waals surface area contributed by atoms with E-state index < -0.39 is 0 Å². The largest absolute Gasteiger partial charge is 0.394 e. The van der Waals surface area contributed by atoms with Crippen molar-refractivity contribution >= 4 is 11.4 Å². The van der Waals surface area contributed by atoms with Crippen LogP contribution in [0.15, 0.2) is 24.3 Å². The summed E-state index contributed by atoms with van der Waals surface area (Å²) in [5.41, 5.74) is 3.37. The Morgan fingerprint density at radius 2 is 1.50 bits per heavy atom. The van der Waals surface area contributed by atoms with Gasteiger partial charge in [-0.15, -0.1) is 0 Å². The van der Waals surface area contributed by atoms with Gasteiger partial charge in [0.1, 0.15) is 0 Å². The number of aliphatic hydroxyl groups excluding tert-OH is 2. The van der Waals surface area contributed by atoms with Gasteiger partial charge in [-0.3, -0.25) is 10.7 Å². The summed E-state index contributed by atoms with van der Waals surface area (Å²) in [6, 6.07) is 6.46. The molecule has 0 atom stereocenters. The average molecular weight is 198 g/mol. The third-order valence-electron chi connectivity index (χ3n) is 1.83. The van der Waals surface area contributed by atoms with Gasteiger partial charge in [0.15, 0.2) is 0 Å². The Kier molecular flexibility index (Phi) is 4.18. The Hall–Kier alpha value is -1.30. The zero-order valence-electron chi connectivity index (χ0n) is 7.64. The fraction of sp³-hybridized carbons (Fsp3) is 0.333. The van der Waals surface area contributed by atoms with E-state index in [1.807, 2.05) is 5.48 Å². The lowest BCUT2D eigenvalue weighted by atomic mass is 10.2. The Balaban J connectivity index is 2.58. The molecule has 1 aromatic carbocycles. The molecule has 1 rings (SSSR count). The zero-order chi connectivity index (χ0) is 10.4. The van der Waals surface area contributed by atoms with Crippen LogP contribution in [-0.4, -0.2) is 34.7 Å². The summed E-state index contributed by atoms with van der Waals surface area (Å²) >= 11 is 0. The van der Waals surface area contributed by atoms with Gasteiger partial charge < -0.3 is 15.5 Å². The minimum atomic E-state index is -0.358. The van der Waals surface area contributed by atoms with E-state index in [1.165, 1.54) is 0 Å². The summed E-state index contributed by atoms with van der Waals surface area (Å²) in [6.45, 7) is -0.257. The van der Waals surface area contributed by atoms with Gasteiger partial charge in [-0.2, -0.15) is 0 Å². The quantitative estimate of drug-likeness (QED) is 0.438. The standard InChI is InChI=1S/C9H14N2O3/c12-5-9(6-13)10-7-1-3-8(11-14)4-2-7/h1-4,9-14H,5-6H2. The van der Waals surface area contributed by atoms with Crippen molar-refractivity contribution in [3.05, 3.63) is 24.3 Å². The van der Waals surface area contributed by atoms with Gasteiger partial charge in [0.05, 0.1) is 24.9 Å². The number of rotatable bonds is 5. The van der Waals surface area contributed by atoms with Crippen molar-refractivity contribution in [3.8, 4) is 0 Å². The van der Waals surface area contributed by atoms with Crippen LogP contribution >= 0.6 is 0 Å². The molecule has 0 amide bonds. The Morgan fingerprint density at radius 3 is 1.93 bits per heavy atom. The minimum Gasteiger partial charge on any atom is -0.394 e. The van der Waals surface area contributed by atoms with E-state index in [2.05, 4.69) is 5.32 Å². The van der Waals surface area contributed by atoms with Crippen molar-refractivity contribution in [2.24, 2.45) is 0 Å². The number of hydrogen-bond donors (Lipinski definition) is 5. The summed E-state index contributed by atoms with van der Waals surface area (Å²) in [6.07, 6.45) is 0. The minimum absolute atomic E-state index is 0.128. The maximum atomic E-state index is 8.81. The van der Waals surface area contributed by atoms with Crippen LogP contribution in [0.2, 0.25) is 0 Å². The van der Waals surface area contributed by atoms with E-state index in [4.69, 9.17) is 15.4 Å². The summed E-state index contributed by atoms with van der Waals surface area (Å²) in [5.74, 6) is 0. The summed E-state index contributed by atoms with van der Waals surface area (Å²) < 4.78 is 0. The second-order valence-corrected chi connectivity index (χ2v) is 2.90. The molecule has 14 heavy (non-hydrogen) atoms. The predicted octanol–water partition coefficient (Wildman–Crippen LogP) is 0.253. The first-order valence-corrected chi connectivity index (χ1v) is 4.28. The first-order valence-electron chi connectivity index (χ1n) is 4.28. The maximum Gasteiger partial charge on any atom is 0.0723 e. The van der Waals surface area contributed by atoms with Gasteiger partial charge in [0.2, 0.25) is 0 Å². The highest BCUT2D eigenvalue weighted by Gasteiger charge is 2.04. The van der Waals surface area contributed by atoms with E-state index in [0.29, 0.717) is 5.69 Å². The summed E-state index contributed by atoms with van der Waals surface area (Å²) in [7, 11) is 0. The maximum absolute atomic E-state index is 8.81. The van der Waals surface area contributed by atoms with E-state index >= 15 is 0 Å². The average Bonchev–Trinajstić information content (AvgIpc) is 2.26. The molecule has 1 aromatic rings. The van der Waals surface area contributed by atoms with Crippen LogP contribution < -0.4 is 10.8 Å². The van der Waals surface area contributed by atoms with Crippen molar-refractivity contribution in [1.29, 1.82) is 0 Å². The summed E-state index contributed by atoms with van der Waals surface area (Å²) in [4.78, 5) is 0. The Morgan fingerprint density at radius 1 is 1.00 bits per heavy atom. The number of aliphatic hydroxyl groups is 2. The molecule has 78 valence electrons. The lowest BCUT2D eigenvalue weighted by molar-refractivity contribution is 0.204. The third kappa shape index (κ3) is 2.88. The van der Waals surface area contributed by atoms with Gasteiger partial charge in [-0.1, -0.05) is 0 Å². The molecule has 0 fully saturated rings. The van der Waals surface area contributed by atoms with Gasteiger partial charge in [-0.05, 0) is 24.3 Å². The highest BCUT2D eigenvalue weighted by atomic mass is 16.5. The third-order valence-corrected chi connectivity index (χ3v) is 1.83. The van der Waals surface area contributed by atoms with Crippen LogP contribution in [0.4, 0.5) is 11.4 Å². The predicted molar refractivity (Wildman–Crippen MR) is 53.4 cm³/mol. The molecule has 0 spiro atoms. The second-order valence-electron chi connectivity index (χ2n) is 2.90. The monoisotopic (exact) mass is 198 g/mol. The molecule has 5 heteroatoms. The number of nitrogens with one attached hydrogen (secondary N) is 2. The van der Waals surface area contributed by atoms with Gasteiger partial charge in [0.25, 0.3) is 0 Å². The molecule has 0 aliphatic heterocycles. The van der Waals surface area contributed by atoms with Crippen LogP contribution in [0, 0.1) is 0 Å². The molecule has 0 aliphatic carbocycles. The molecule has 0 aromatic heterocycles. The zero-order valence-corrected chi connectivity index (χ0v) is 7.64. The Bertz CT molecular complexity index is 259. The van der Waals surface area contributed by atoms with E-state index in [-0.39, 0.29) is 19.3 Å². The highest BCUT2D eigenvalue weighted by Crippen LogP contribution is 2.13. The fourth-order valence-corrected chi connectivity index (χ4v) is 1.03. The molecule has 0 bridgehead atoms. The molecule has 5 nitrogen and oxygen atoms in total. The van der Waals surface area contributed by atoms with Crippen molar-refractivity contribution < 1.29 is 15.4 Å². The van der Waals surface area contributed by atoms with Gasteiger partial charge in [-0.25, -0.2) is 0 Å². The number of benzene rings is 1. The molecular formula is C9H14N2O3. The highest BCUT2D eigenvalue weighted by molar-refractivity contribution is 5.52. The SMILES string of the molecule is OCC(CO)Nc1ccc(NO)cc1. The van der Waals surface area contributed by atoms with Crippen molar-refractivity contribution in [2.45, 2.75) is 6.04 Å². The van der Waals surface area contributed by atoms with Crippen LogP contribution in [-0.2, 0) is 0 Å². The normalized spacial score (nSPS) is 10.3. The van der Waals surface area contributed by atoms with E-state index in [1.54, 1.807) is 24.3 Å². The first kappa shape index (κ1) is 10.8. The number of hydrogen-bond acceptors (Lipinski definition) is 5. The van der Waals surface area contributed by atoms with Crippen LogP contribution in [0.5, 0.6) is 0 Å². The second kappa shape index (κ2) is 5.43. The van der Waals surface area contributed by atoms with Crippen molar-refractivity contribution in [3.63, 3.8) is 0 Å². The van der Waals surface area contributed by atoms with Crippen LogP contribution in [0.1, 0.15) is 0 Å². The van der Waals surface area contributed by atoms with Gasteiger partial charge >= 0.3 is 0 Å². The first-order chi connectivity index (χ1) is 6.80. The molecule has 0 saturated carbocycles. The van der Waals surface area contributed by atoms with Gasteiger partial charge in [0, 0.05) is 5.69 Å². The van der Waals surface area contributed by atoms with E-state index in [9.17, 15) is 0 Å². The van der Waals surface area contributed by atoms with Crippen LogP contribution in [0.25, 0.3) is 0 Å². The molecule has 5 N–H and O–H groups in total. The smallest absolute Gasteiger partial charge is 0.0723 e. The topological polar surface area (TPSA) is 84.8 Å². The molecule has 0 unspecified atom stereocenters. The van der Waals surface area contributed by atoms with E-state index in [0.717, 1.165) is 5.69 Å². The van der Waals surface area contributed by atoms with Crippen molar-refractivity contribution in [2.75, 3.05) is 24.0 Å². The molecule has 0 aliphatic rings. The lowest BCUT2D eigenvalue weighted by Crippen LogP contribution is -2.27. The Labute approximate surface area is 82.0 Å². The lowest BCUT2D eigenvalue weighted by Gasteiger charge is -2.14. The van der Waals surface area contributed by atoms with Crippen molar-refractivity contribution in [1.82, 2.24) is 0 Å². The summed E-state index contributed by atoms with van der Waals surface area (Å²) in [5, 5.41) is 29.1. The molecule has 0 heterocycles. The fourth-order valence-electron chi connectivity index (χ4n) is 1.03. The van der Waals surface area contributed by atoms with Crippen LogP contribution in [0.3, 0.4) is 0 Å². The molecule has 0 radical (unpaired) electrons. The molecule has 0 saturated heterocycles.